The lowest BCUT2D eigenvalue weighted by atomic mass is 10.2. The van der Waals surface area contributed by atoms with Crippen LogP contribution in [0.4, 0.5) is 0 Å². The van der Waals surface area contributed by atoms with Crippen molar-refractivity contribution < 1.29 is 4.74 Å². The van der Waals surface area contributed by atoms with Gasteiger partial charge in [0.05, 0.1) is 19.9 Å². The van der Waals surface area contributed by atoms with Crippen LogP contribution in [0.25, 0.3) is 0 Å². The molecule has 19 heavy (non-hydrogen) atoms. The Morgan fingerprint density at radius 1 is 1.21 bits per heavy atom. The molecule has 0 fully saturated rings. The second-order valence-corrected chi connectivity index (χ2v) is 4.88. The first kappa shape index (κ1) is 13.6. The topological polar surface area (TPSA) is 33.6 Å². The average molecular weight is 319 g/mol. The number of benzene rings is 2. The number of methoxy groups -OCH3 is 1. The van der Waals surface area contributed by atoms with E-state index < -0.39 is 0 Å². The zero-order valence-corrected chi connectivity index (χ0v) is 12.2. The minimum Gasteiger partial charge on any atom is -0.496 e. The molecule has 2 aromatic carbocycles. The van der Waals surface area contributed by atoms with Crippen LogP contribution in [0.2, 0.25) is 0 Å². The molecule has 0 amide bonds. The van der Waals surface area contributed by atoms with Crippen molar-refractivity contribution in [3.63, 3.8) is 0 Å². The molecular weight excluding hydrogens is 304 g/mol. The molecule has 0 aliphatic carbocycles. The van der Waals surface area contributed by atoms with E-state index in [1.807, 2.05) is 36.4 Å². The first-order valence-electron chi connectivity index (χ1n) is 5.93. The fourth-order valence-electron chi connectivity index (χ4n) is 1.65. The van der Waals surface area contributed by atoms with E-state index in [4.69, 9.17) is 4.74 Å². The first-order chi connectivity index (χ1) is 9.29. The molecule has 0 unspecified atom stereocenters. The first-order valence-corrected chi connectivity index (χ1v) is 6.72. The van der Waals surface area contributed by atoms with Gasteiger partial charge >= 0.3 is 0 Å². The van der Waals surface area contributed by atoms with Gasteiger partial charge in [0.25, 0.3) is 0 Å². The Morgan fingerprint density at radius 2 is 2.00 bits per heavy atom. The maximum Gasteiger partial charge on any atom is 0.127 e. The summed E-state index contributed by atoms with van der Waals surface area (Å²) in [6.45, 7) is 0.702. The molecule has 0 bridgehead atoms. The molecule has 0 saturated carbocycles. The normalized spacial score (nSPS) is 10.6. The van der Waals surface area contributed by atoms with Crippen LogP contribution in [0, 0.1) is 0 Å². The summed E-state index contributed by atoms with van der Waals surface area (Å²) in [7, 11) is 1.65. The molecule has 0 saturated heterocycles. The molecular formula is C15H15BrN2O. The van der Waals surface area contributed by atoms with E-state index in [1.165, 1.54) is 5.56 Å². The van der Waals surface area contributed by atoms with Crippen LogP contribution in [-0.4, -0.2) is 13.3 Å². The number of hydrogen-bond donors (Lipinski definition) is 1. The highest BCUT2D eigenvalue weighted by atomic mass is 79.9. The van der Waals surface area contributed by atoms with Gasteiger partial charge in [-0.25, -0.2) is 0 Å². The highest BCUT2D eigenvalue weighted by molar-refractivity contribution is 9.10. The third kappa shape index (κ3) is 4.10. The quantitative estimate of drug-likeness (QED) is 0.675. The standard InChI is InChI=1S/C15H15BrN2O/c1-19-15-8-7-14(16)9-13(15)11-18-17-10-12-5-3-2-4-6-12/h2-9,11,17H,10H2,1H3. The summed E-state index contributed by atoms with van der Waals surface area (Å²) < 4.78 is 6.27. The van der Waals surface area contributed by atoms with Crippen molar-refractivity contribution in [3.8, 4) is 5.75 Å². The van der Waals surface area contributed by atoms with Crippen LogP contribution in [-0.2, 0) is 6.54 Å². The lowest BCUT2D eigenvalue weighted by molar-refractivity contribution is 0.414. The predicted octanol–water partition coefficient (Wildman–Crippen LogP) is 3.58. The van der Waals surface area contributed by atoms with Gasteiger partial charge in [0.2, 0.25) is 0 Å². The van der Waals surface area contributed by atoms with Crippen molar-refractivity contribution in [2.24, 2.45) is 5.10 Å². The SMILES string of the molecule is COc1ccc(Br)cc1C=NNCc1ccccc1. The Kier molecular flexibility index (Phi) is 4.98. The number of nitrogens with zero attached hydrogens (tertiary/aromatic N) is 1. The van der Waals surface area contributed by atoms with Crippen molar-refractivity contribution in [3.05, 3.63) is 64.1 Å². The van der Waals surface area contributed by atoms with E-state index in [0.29, 0.717) is 6.54 Å². The van der Waals surface area contributed by atoms with Gasteiger partial charge < -0.3 is 10.2 Å². The molecule has 2 aromatic rings. The molecule has 0 aromatic heterocycles. The summed E-state index contributed by atoms with van der Waals surface area (Å²) in [5, 5.41) is 4.21. The molecule has 0 aliphatic rings. The maximum absolute atomic E-state index is 5.28. The van der Waals surface area contributed by atoms with E-state index in [9.17, 15) is 0 Å². The molecule has 0 heterocycles. The predicted molar refractivity (Wildman–Crippen MR) is 81.6 cm³/mol. The molecule has 4 heteroatoms. The zero-order valence-electron chi connectivity index (χ0n) is 10.6. The summed E-state index contributed by atoms with van der Waals surface area (Å²) in [4.78, 5) is 0. The largest absolute Gasteiger partial charge is 0.496 e. The summed E-state index contributed by atoms with van der Waals surface area (Å²) >= 11 is 3.43. The van der Waals surface area contributed by atoms with E-state index in [0.717, 1.165) is 15.8 Å². The second-order valence-electron chi connectivity index (χ2n) is 3.96. The van der Waals surface area contributed by atoms with E-state index in [1.54, 1.807) is 13.3 Å². The lowest BCUT2D eigenvalue weighted by Crippen LogP contribution is -2.05. The van der Waals surface area contributed by atoms with Gasteiger partial charge in [0.15, 0.2) is 0 Å². The Balaban J connectivity index is 1.97. The Morgan fingerprint density at radius 3 is 2.74 bits per heavy atom. The van der Waals surface area contributed by atoms with Gasteiger partial charge in [-0.15, -0.1) is 0 Å². The lowest BCUT2D eigenvalue weighted by Gasteiger charge is -2.05. The van der Waals surface area contributed by atoms with E-state index >= 15 is 0 Å². The van der Waals surface area contributed by atoms with Crippen molar-refractivity contribution in [1.82, 2.24) is 5.43 Å². The summed E-state index contributed by atoms with van der Waals surface area (Å²) in [6, 6.07) is 15.9. The summed E-state index contributed by atoms with van der Waals surface area (Å²) in [6.07, 6.45) is 1.76. The highest BCUT2D eigenvalue weighted by Crippen LogP contribution is 2.21. The second kappa shape index (κ2) is 6.95. The van der Waals surface area contributed by atoms with Crippen LogP contribution in [0.1, 0.15) is 11.1 Å². The van der Waals surface area contributed by atoms with Gasteiger partial charge in [0.1, 0.15) is 5.75 Å². The maximum atomic E-state index is 5.28. The Hall–Kier alpha value is -1.81. The number of hydrazone groups is 1. The minimum absolute atomic E-state index is 0.702. The molecule has 0 radical (unpaired) electrons. The Labute approximate surface area is 121 Å². The smallest absolute Gasteiger partial charge is 0.127 e. The summed E-state index contributed by atoms with van der Waals surface area (Å²) in [5.74, 6) is 0.800. The molecule has 98 valence electrons. The molecule has 3 nitrogen and oxygen atoms in total. The number of halogens is 1. The van der Waals surface area contributed by atoms with Crippen LogP contribution in [0.15, 0.2) is 58.1 Å². The third-order valence-corrected chi connectivity index (χ3v) is 3.11. The number of ether oxygens (including phenoxy) is 1. The van der Waals surface area contributed by atoms with Gasteiger partial charge in [0, 0.05) is 10.0 Å². The van der Waals surface area contributed by atoms with Crippen molar-refractivity contribution in [2.45, 2.75) is 6.54 Å². The molecule has 0 spiro atoms. The van der Waals surface area contributed by atoms with Gasteiger partial charge in [-0.1, -0.05) is 46.3 Å². The highest BCUT2D eigenvalue weighted by Gasteiger charge is 2.00. The molecule has 0 atom stereocenters. The monoisotopic (exact) mass is 318 g/mol. The number of rotatable bonds is 5. The Bertz CT molecular complexity index is 555. The van der Waals surface area contributed by atoms with Crippen LogP contribution < -0.4 is 10.2 Å². The van der Waals surface area contributed by atoms with Crippen molar-refractivity contribution in [2.75, 3.05) is 7.11 Å². The van der Waals surface area contributed by atoms with Gasteiger partial charge in [-0.2, -0.15) is 5.10 Å². The fourth-order valence-corrected chi connectivity index (χ4v) is 2.03. The molecule has 2 rings (SSSR count). The van der Waals surface area contributed by atoms with Gasteiger partial charge in [-0.05, 0) is 23.8 Å². The molecule has 0 aliphatic heterocycles. The zero-order chi connectivity index (χ0) is 13.5. The van der Waals surface area contributed by atoms with Crippen molar-refractivity contribution in [1.29, 1.82) is 0 Å². The van der Waals surface area contributed by atoms with Crippen LogP contribution in [0.5, 0.6) is 5.75 Å². The van der Waals surface area contributed by atoms with Crippen LogP contribution >= 0.6 is 15.9 Å². The van der Waals surface area contributed by atoms with Gasteiger partial charge in [-0.3, -0.25) is 0 Å². The number of hydrogen-bond acceptors (Lipinski definition) is 3. The summed E-state index contributed by atoms with van der Waals surface area (Å²) in [5.41, 5.74) is 5.14. The van der Waals surface area contributed by atoms with Crippen LogP contribution in [0.3, 0.4) is 0 Å². The average Bonchev–Trinajstić information content (AvgIpc) is 2.45. The molecule has 1 N–H and O–H groups in total. The van der Waals surface area contributed by atoms with E-state index in [2.05, 4.69) is 38.6 Å². The third-order valence-electron chi connectivity index (χ3n) is 2.61. The minimum atomic E-state index is 0.702. The fraction of sp³-hybridized carbons (Fsp3) is 0.133. The number of nitrogens with one attached hydrogen (secondary N) is 1. The van der Waals surface area contributed by atoms with E-state index in [-0.39, 0.29) is 0 Å². The van der Waals surface area contributed by atoms with Crippen molar-refractivity contribution >= 4 is 22.1 Å².